The van der Waals surface area contributed by atoms with Crippen molar-refractivity contribution >= 4 is 27.3 Å². The molecule has 114 valence electrons. The van der Waals surface area contributed by atoms with Gasteiger partial charge in [-0.1, -0.05) is 12.8 Å². The molecule has 1 saturated heterocycles. The van der Waals surface area contributed by atoms with E-state index in [0.29, 0.717) is 6.04 Å². The molecular weight excluding hydrogens is 332 g/mol. The Balaban J connectivity index is 2.09. The molecule has 1 aliphatic heterocycles. The maximum Gasteiger partial charge on any atom is 0.0314 e. The Morgan fingerprint density at radius 1 is 1.30 bits per heavy atom. The van der Waals surface area contributed by atoms with Gasteiger partial charge in [0.1, 0.15) is 0 Å². The van der Waals surface area contributed by atoms with Gasteiger partial charge in [0.15, 0.2) is 0 Å². The summed E-state index contributed by atoms with van der Waals surface area (Å²) in [5, 5.41) is 5.74. The van der Waals surface area contributed by atoms with Gasteiger partial charge in [0.25, 0.3) is 0 Å². The number of nitrogens with zero attached hydrogens (tertiary/aromatic N) is 1. The second-order valence-electron chi connectivity index (χ2n) is 6.29. The van der Waals surface area contributed by atoms with Gasteiger partial charge in [-0.25, -0.2) is 0 Å². The van der Waals surface area contributed by atoms with Crippen molar-refractivity contribution in [3.63, 3.8) is 0 Å². The molecule has 2 nitrogen and oxygen atoms in total. The second kappa shape index (κ2) is 7.39. The molecule has 1 atom stereocenters. The third-order valence-corrected chi connectivity index (χ3v) is 6.65. The van der Waals surface area contributed by atoms with E-state index in [0.717, 1.165) is 6.42 Å². The summed E-state index contributed by atoms with van der Waals surface area (Å²) in [6.45, 7) is 7.30. The van der Waals surface area contributed by atoms with E-state index in [1.807, 2.05) is 11.3 Å². The van der Waals surface area contributed by atoms with Gasteiger partial charge in [-0.2, -0.15) is 0 Å². The molecule has 1 aromatic heterocycles. The summed E-state index contributed by atoms with van der Waals surface area (Å²) in [4.78, 5) is 4.15. The van der Waals surface area contributed by atoms with Crippen molar-refractivity contribution in [2.45, 2.75) is 57.5 Å². The van der Waals surface area contributed by atoms with E-state index in [1.54, 1.807) is 0 Å². The number of thiophene rings is 1. The molecular formula is C16H27BrN2S. The van der Waals surface area contributed by atoms with Crippen LogP contribution < -0.4 is 5.32 Å². The molecule has 1 unspecified atom stereocenters. The first-order valence-corrected chi connectivity index (χ1v) is 9.37. The number of likely N-dealkylation sites (tertiary alicyclic amines) is 1. The van der Waals surface area contributed by atoms with E-state index in [9.17, 15) is 0 Å². The van der Waals surface area contributed by atoms with Crippen LogP contribution in [0.4, 0.5) is 0 Å². The Morgan fingerprint density at radius 2 is 1.95 bits per heavy atom. The molecule has 2 heterocycles. The van der Waals surface area contributed by atoms with Gasteiger partial charge in [-0.05, 0) is 80.6 Å². The van der Waals surface area contributed by atoms with Crippen molar-refractivity contribution in [1.29, 1.82) is 0 Å². The maximum absolute atomic E-state index is 3.67. The SMILES string of the molecule is CNC(Cc1sccc1Br)C(C)(C)N1CCCCCC1. The van der Waals surface area contributed by atoms with E-state index < -0.39 is 0 Å². The van der Waals surface area contributed by atoms with Gasteiger partial charge in [-0.15, -0.1) is 11.3 Å². The number of rotatable bonds is 5. The maximum atomic E-state index is 3.67. The summed E-state index contributed by atoms with van der Waals surface area (Å²) in [6.07, 6.45) is 6.59. The number of likely N-dealkylation sites (N-methyl/N-ethyl adjacent to an activating group) is 1. The zero-order chi connectivity index (χ0) is 14.6. The monoisotopic (exact) mass is 358 g/mol. The Labute approximate surface area is 136 Å². The third-order valence-electron chi connectivity index (χ3n) is 4.70. The van der Waals surface area contributed by atoms with Crippen LogP contribution in [0.25, 0.3) is 0 Å². The van der Waals surface area contributed by atoms with Crippen LogP contribution in [0, 0.1) is 0 Å². The Bertz CT molecular complexity index is 408. The van der Waals surface area contributed by atoms with Gasteiger partial charge < -0.3 is 5.32 Å². The van der Waals surface area contributed by atoms with E-state index in [1.165, 1.54) is 48.1 Å². The molecule has 4 heteroatoms. The zero-order valence-corrected chi connectivity index (χ0v) is 15.3. The van der Waals surface area contributed by atoms with Crippen LogP contribution in [0.3, 0.4) is 0 Å². The van der Waals surface area contributed by atoms with E-state index in [4.69, 9.17) is 0 Å². The molecule has 20 heavy (non-hydrogen) atoms. The molecule has 0 saturated carbocycles. The number of halogens is 1. The van der Waals surface area contributed by atoms with Crippen LogP contribution in [-0.4, -0.2) is 36.6 Å². The highest BCUT2D eigenvalue weighted by atomic mass is 79.9. The van der Waals surface area contributed by atoms with Gasteiger partial charge >= 0.3 is 0 Å². The highest BCUT2D eigenvalue weighted by molar-refractivity contribution is 9.10. The highest BCUT2D eigenvalue weighted by Gasteiger charge is 2.35. The lowest BCUT2D eigenvalue weighted by molar-refractivity contribution is 0.0867. The van der Waals surface area contributed by atoms with Crippen molar-refractivity contribution in [3.05, 3.63) is 20.8 Å². The molecule has 1 aliphatic rings. The molecule has 2 rings (SSSR count). The van der Waals surface area contributed by atoms with Gasteiger partial charge in [0, 0.05) is 20.9 Å². The van der Waals surface area contributed by atoms with Crippen molar-refractivity contribution < 1.29 is 0 Å². The van der Waals surface area contributed by atoms with Crippen LogP contribution >= 0.6 is 27.3 Å². The average Bonchev–Trinajstić information content (AvgIpc) is 2.69. The summed E-state index contributed by atoms with van der Waals surface area (Å²) in [6, 6.07) is 2.64. The Morgan fingerprint density at radius 3 is 2.45 bits per heavy atom. The second-order valence-corrected chi connectivity index (χ2v) is 8.15. The molecule has 0 amide bonds. The Hall–Kier alpha value is 0.1000. The molecule has 1 N–H and O–H groups in total. The van der Waals surface area contributed by atoms with E-state index in [-0.39, 0.29) is 5.54 Å². The first-order valence-electron chi connectivity index (χ1n) is 7.70. The molecule has 0 aliphatic carbocycles. The van der Waals surface area contributed by atoms with Crippen LogP contribution in [0.15, 0.2) is 15.9 Å². The summed E-state index contributed by atoms with van der Waals surface area (Å²) >= 11 is 5.52. The summed E-state index contributed by atoms with van der Waals surface area (Å²) in [5.41, 5.74) is 0.197. The normalized spacial score (nSPS) is 19.8. The molecule has 0 radical (unpaired) electrons. The minimum atomic E-state index is 0.197. The van der Waals surface area contributed by atoms with E-state index in [2.05, 4.69) is 58.5 Å². The fourth-order valence-corrected chi connectivity index (χ4v) is 4.79. The largest absolute Gasteiger partial charge is 0.315 e. The first kappa shape index (κ1) is 16.5. The Kier molecular flexibility index (Phi) is 6.09. The lowest BCUT2D eigenvalue weighted by atomic mass is 9.89. The van der Waals surface area contributed by atoms with Crippen LogP contribution in [-0.2, 0) is 6.42 Å². The minimum absolute atomic E-state index is 0.197. The predicted octanol–water partition coefficient (Wildman–Crippen LogP) is 4.30. The van der Waals surface area contributed by atoms with Crippen LogP contribution in [0.5, 0.6) is 0 Å². The fourth-order valence-electron chi connectivity index (χ4n) is 3.23. The summed E-state index contributed by atoms with van der Waals surface area (Å²) < 4.78 is 1.26. The van der Waals surface area contributed by atoms with Crippen molar-refractivity contribution in [1.82, 2.24) is 10.2 Å². The number of hydrogen-bond acceptors (Lipinski definition) is 3. The summed E-state index contributed by atoms with van der Waals surface area (Å²) in [7, 11) is 2.10. The molecule has 1 fully saturated rings. The third kappa shape index (κ3) is 3.85. The molecule has 0 spiro atoms. The van der Waals surface area contributed by atoms with Crippen LogP contribution in [0.1, 0.15) is 44.4 Å². The highest BCUT2D eigenvalue weighted by Crippen LogP contribution is 2.29. The van der Waals surface area contributed by atoms with Crippen molar-refractivity contribution in [3.8, 4) is 0 Å². The minimum Gasteiger partial charge on any atom is -0.315 e. The van der Waals surface area contributed by atoms with Crippen molar-refractivity contribution in [2.24, 2.45) is 0 Å². The number of nitrogens with one attached hydrogen (secondary N) is 1. The first-order chi connectivity index (χ1) is 9.55. The topological polar surface area (TPSA) is 15.3 Å². The van der Waals surface area contributed by atoms with Gasteiger partial charge in [0.05, 0.1) is 0 Å². The average molecular weight is 359 g/mol. The molecule has 1 aromatic rings. The lowest BCUT2D eigenvalue weighted by Crippen LogP contribution is -2.58. The molecule has 0 aromatic carbocycles. The number of hydrogen-bond donors (Lipinski definition) is 1. The predicted molar refractivity (Wildman–Crippen MR) is 92.7 cm³/mol. The zero-order valence-electron chi connectivity index (χ0n) is 12.9. The van der Waals surface area contributed by atoms with Gasteiger partial charge in [0.2, 0.25) is 0 Å². The fraction of sp³-hybridized carbons (Fsp3) is 0.750. The lowest BCUT2D eigenvalue weighted by Gasteiger charge is -2.44. The summed E-state index contributed by atoms with van der Waals surface area (Å²) in [5.74, 6) is 0. The molecule has 0 bridgehead atoms. The quantitative estimate of drug-likeness (QED) is 0.843. The van der Waals surface area contributed by atoms with Crippen LogP contribution in [0.2, 0.25) is 0 Å². The smallest absolute Gasteiger partial charge is 0.0314 e. The standard InChI is InChI=1S/C16H27BrN2S/c1-16(2,19-9-6-4-5-7-10-19)15(18-3)12-14-13(17)8-11-20-14/h8,11,15,18H,4-7,9-10,12H2,1-3H3. The van der Waals surface area contributed by atoms with Crippen molar-refractivity contribution in [2.75, 3.05) is 20.1 Å². The van der Waals surface area contributed by atoms with Gasteiger partial charge in [-0.3, -0.25) is 4.90 Å². The van der Waals surface area contributed by atoms with E-state index >= 15 is 0 Å².